The first-order valence-electron chi connectivity index (χ1n) is 5.61. The molecule has 0 spiro atoms. The van der Waals surface area contributed by atoms with E-state index in [1.54, 1.807) is 12.1 Å². The Hall–Kier alpha value is -1.02. The molecule has 0 aliphatic carbocycles. The molecule has 84 valence electrons. The highest BCUT2D eigenvalue weighted by molar-refractivity contribution is 5.26. The van der Waals surface area contributed by atoms with E-state index in [9.17, 15) is 0 Å². The van der Waals surface area contributed by atoms with Crippen molar-refractivity contribution < 1.29 is 5.11 Å². The Labute approximate surface area is 92.1 Å². The summed E-state index contributed by atoms with van der Waals surface area (Å²) in [6, 6.07) is 7.53. The van der Waals surface area contributed by atoms with Crippen LogP contribution < -0.4 is 5.73 Å². The van der Waals surface area contributed by atoms with Gasteiger partial charge in [0.2, 0.25) is 0 Å². The second-order valence-corrected chi connectivity index (χ2v) is 4.60. The first kappa shape index (κ1) is 12.1. The molecule has 3 N–H and O–H groups in total. The van der Waals surface area contributed by atoms with Crippen LogP contribution in [-0.2, 0) is 6.42 Å². The molecule has 0 saturated carbocycles. The number of nitrogens with two attached hydrogens (primary N) is 1. The van der Waals surface area contributed by atoms with Gasteiger partial charge in [0.15, 0.2) is 0 Å². The van der Waals surface area contributed by atoms with Gasteiger partial charge in [0.1, 0.15) is 5.75 Å². The maximum Gasteiger partial charge on any atom is 0.115 e. The van der Waals surface area contributed by atoms with Gasteiger partial charge in [-0.3, -0.25) is 0 Å². The van der Waals surface area contributed by atoms with E-state index in [2.05, 4.69) is 13.8 Å². The van der Waals surface area contributed by atoms with Gasteiger partial charge in [0.25, 0.3) is 0 Å². The van der Waals surface area contributed by atoms with Gasteiger partial charge in [0, 0.05) is 6.04 Å². The minimum atomic E-state index is 0.233. The molecule has 0 heterocycles. The van der Waals surface area contributed by atoms with Gasteiger partial charge in [-0.05, 0) is 42.9 Å². The molecule has 0 aromatic heterocycles. The fourth-order valence-electron chi connectivity index (χ4n) is 1.58. The van der Waals surface area contributed by atoms with Gasteiger partial charge in [0.05, 0.1) is 0 Å². The molecule has 1 rings (SSSR count). The number of phenolic OH excluding ortho intramolecular Hbond substituents is 1. The molecule has 1 atom stereocenters. The largest absolute Gasteiger partial charge is 0.508 e. The number of hydrogen-bond acceptors (Lipinski definition) is 2. The lowest BCUT2D eigenvalue weighted by atomic mass is 9.98. The van der Waals surface area contributed by atoms with E-state index in [1.165, 1.54) is 12.0 Å². The van der Waals surface area contributed by atoms with Gasteiger partial charge in [-0.15, -0.1) is 0 Å². The fraction of sp³-hybridized carbons (Fsp3) is 0.538. The van der Waals surface area contributed by atoms with Crippen LogP contribution in [0.4, 0.5) is 0 Å². The smallest absolute Gasteiger partial charge is 0.115 e. The zero-order chi connectivity index (χ0) is 11.3. The minimum absolute atomic E-state index is 0.233. The lowest BCUT2D eigenvalue weighted by Gasteiger charge is -2.13. The Balaban J connectivity index is 2.37. The zero-order valence-corrected chi connectivity index (χ0v) is 9.61. The summed E-state index contributed by atoms with van der Waals surface area (Å²) in [5.74, 6) is 1.03. The molecule has 1 unspecified atom stereocenters. The standard InChI is InChI=1S/C13H21NO/c1-10(2)3-6-12(14)9-11-4-7-13(15)8-5-11/h4-5,7-8,10,12,15H,3,6,9,14H2,1-2H3. The van der Waals surface area contributed by atoms with Crippen LogP contribution in [0.5, 0.6) is 5.75 Å². The molecular formula is C13H21NO. The predicted molar refractivity (Wildman–Crippen MR) is 63.9 cm³/mol. The van der Waals surface area contributed by atoms with Crippen LogP contribution in [0.3, 0.4) is 0 Å². The molecule has 15 heavy (non-hydrogen) atoms. The predicted octanol–water partition coefficient (Wildman–Crippen LogP) is 2.70. The van der Waals surface area contributed by atoms with E-state index in [0.717, 1.165) is 18.8 Å². The topological polar surface area (TPSA) is 46.2 Å². The highest BCUT2D eigenvalue weighted by atomic mass is 16.3. The number of benzene rings is 1. The lowest BCUT2D eigenvalue weighted by molar-refractivity contribution is 0.474. The normalized spacial score (nSPS) is 13.1. The number of phenols is 1. The van der Waals surface area contributed by atoms with Crippen LogP contribution in [0.25, 0.3) is 0 Å². The Morgan fingerprint density at radius 1 is 1.13 bits per heavy atom. The van der Waals surface area contributed by atoms with Crippen LogP contribution in [0.2, 0.25) is 0 Å². The van der Waals surface area contributed by atoms with Crippen LogP contribution in [0.15, 0.2) is 24.3 Å². The van der Waals surface area contributed by atoms with Crippen molar-refractivity contribution in [3.8, 4) is 5.75 Å². The van der Waals surface area contributed by atoms with E-state index in [-0.39, 0.29) is 6.04 Å². The quantitative estimate of drug-likeness (QED) is 0.779. The first-order chi connectivity index (χ1) is 7.08. The van der Waals surface area contributed by atoms with Gasteiger partial charge in [-0.25, -0.2) is 0 Å². The Morgan fingerprint density at radius 3 is 2.27 bits per heavy atom. The summed E-state index contributed by atoms with van der Waals surface area (Å²) in [6.07, 6.45) is 3.14. The van der Waals surface area contributed by atoms with Crippen molar-refractivity contribution in [1.82, 2.24) is 0 Å². The van der Waals surface area contributed by atoms with E-state index in [1.807, 2.05) is 12.1 Å². The third-order valence-corrected chi connectivity index (χ3v) is 2.55. The Bertz CT molecular complexity index is 279. The van der Waals surface area contributed by atoms with Crippen LogP contribution >= 0.6 is 0 Å². The maximum absolute atomic E-state index is 9.14. The highest BCUT2D eigenvalue weighted by Gasteiger charge is 2.05. The van der Waals surface area contributed by atoms with Gasteiger partial charge in [-0.2, -0.15) is 0 Å². The average molecular weight is 207 g/mol. The highest BCUT2D eigenvalue weighted by Crippen LogP contribution is 2.13. The third-order valence-electron chi connectivity index (χ3n) is 2.55. The van der Waals surface area contributed by atoms with Crippen molar-refractivity contribution in [2.24, 2.45) is 11.7 Å². The van der Waals surface area contributed by atoms with Crippen molar-refractivity contribution in [2.75, 3.05) is 0 Å². The van der Waals surface area contributed by atoms with Crippen molar-refractivity contribution in [3.05, 3.63) is 29.8 Å². The number of rotatable bonds is 5. The lowest BCUT2D eigenvalue weighted by Crippen LogP contribution is -2.23. The summed E-state index contributed by atoms with van der Waals surface area (Å²) in [5, 5.41) is 9.14. The van der Waals surface area contributed by atoms with Crippen molar-refractivity contribution >= 4 is 0 Å². The molecular weight excluding hydrogens is 186 g/mol. The molecule has 0 saturated heterocycles. The maximum atomic E-state index is 9.14. The number of hydrogen-bond donors (Lipinski definition) is 2. The van der Waals surface area contributed by atoms with Gasteiger partial charge in [-0.1, -0.05) is 26.0 Å². The molecule has 2 heteroatoms. The summed E-state index contributed by atoms with van der Waals surface area (Å²) in [6.45, 7) is 4.43. The molecule has 0 amide bonds. The zero-order valence-electron chi connectivity index (χ0n) is 9.61. The molecule has 1 aromatic carbocycles. The van der Waals surface area contributed by atoms with Crippen molar-refractivity contribution in [3.63, 3.8) is 0 Å². The van der Waals surface area contributed by atoms with Crippen LogP contribution in [-0.4, -0.2) is 11.1 Å². The van der Waals surface area contributed by atoms with Gasteiger partial charge >= 0.3 is 0 Å². The fourth-order valence-corrected chi connectivity index (χ4v) is 1.58. The molecule has 0 aliphatic heterocycles. The average Bonchev–Trinajstić information content (AvgIpc) is 2.19. The van der Waals surface area contributed by atoms with E-state index in [4.69, 9.17) is 10.8 Å². The molecule has 0 bridgehead atoms. The molecule has 0 aliphatic rings. The second-order valence-electron chi connectivity index (χ2n) is 4.60. The molecule has 2 nitrogen and oxygen atoms in total. The van der Waals surface area contributed by atoms with Crippen molar-refractivity contribution in [2.45, 2.75) is 39.2 Å². The molecule has 0 fully saturated rings. The Kier molecular flexibility index (Phi) is 4.63. The van der Waals surface area contributed by atoms with E-state index >= 15 is 0 Å². The first-order valence-corrected chi connectivity index (χ1v) is 5.61. The number of aromatic hydroxyl groups is 1. The monoisotopic (exact) mass is 207 g/mol. The third kappa shape index (κ3) is 4.84. The summed E-state index contributed by atoms with van der Waals surface area (Å²) < 4.78 is 0. The Morgan fingerprint density at radius 2 is 1.73 bits per heavy atom. The SMILES string of the molecule is CC(C)CCC(N)Cc1ccc(O)cc1. The summed E-state index contributed by atoms with van der Waals surface area (Å²) in [7, 11) is 0. The van der Waals surface area contributed by atoms with E-state index in [0.29, 0.717) is 5.75 Å². The molecule has 1 aromatic rings. The summed E-state index contributed by atoms with van der Waals surface area (Å²) in [4.78, 5) is 0. The summed E-state index contributed by atoms with van der Waals surface area (Å²) >= 11 is 0. The van der Waals surface area contributed by atoms with Gasteiger partial charge < -0.3 is 10.8 Å². The van der Waals surface area contributed by atoms with E-state index < -0.39 is 0 Å². The minimum Gasteiger partial charge on any atom is -0.508 e. The van der Waals surface area contributed by atoms with Crippen molar-refractivity contribution in [1.29, 1.82) is 0 Å². The van der Waals surface area contributed by atoms with Crippen LogP contribution in [0, 0.1) is 5.92 Å². The molecule has 0 radical (unpaired) electrons. The van der Waals surface area contributed by atoms with Crippen LogP contribution in [0.1, 0.15) is 32.3 Å². The second kappa shape index (κ2) is 5.76. The summed E-state index contributed by atoms with van der Waals surface area (Å²) in [5.41, 5.74) is 7.23.